The molecule has 2 rings (SSSR count). The lowest BCUT2D eigenvalue weighted by Gasteiger charge is -2.22. The smallest absolute Gasteiger partial charge is 0.379 e. The largest absolute Gasteiger partial charge is 0.507 e. The summed E-state index contributed by atoms with van der Waals surface area (Å²) in [6.07, 6.45) is 0. The van der Waals surface area contributed by atoms with Gasteiger partial charge in [0.05, 0.1) is 6.61 Å². The third-order valence-corrected chi connectivity index (χ3v) is 3.52. The third kappa shape index (κ3) is 5.06. The van der Waals surface area contributed by atoms with E-state index in [0.717, 1.165) is 5.56 Å². The van der Waals surface area contributed by atoms with Crippen molar-refractivity contribution in [3.63, 3.8) is 0 Å². The SMILES string of the molecule is CCOC(=O)C(F)(F)[C@@H](N)c1ccc(OCc2ccccc2)cc1O.Cl. The first-order valence-electron chi connectivity index (χ1n) is 7.66. The molecular weight excluding hydrogens is 368 g/mol. The predicted octanol–water partition coefficient (Wildman–Crippen LogP) is 3.59. The van der Waals surface area contributed by atoms with Crippen LogP contribution in [-0.2, 0) is 16.1 Å². The Bertz CT molecular complexity index is 728. The van der Waals surface area contributed by atoms with Crippen molar-refractivity contribution in [2.45, 2.75) is 25.5 Å². The maximum absolute atomic E-state index is 14.0. The molecule has 0 heterocycles. The van der Waals surface area contributed by atoms with E-state index in [0.29, 0.717) is 0 Å². The van der Waals surface area contributed by atoms with Gasteiger partial charge >= 0.3 is 11.9 Å². The van der Waals surface area contributed by atoms with Crippen LogP contribution in [0.2, 0.25) is 0 Å². The Labute approximate surface area is 156 Å². The molecule has 1 atom stereocenters. The summed E-state index contributed by atoms with van der Waals surface area (Å²) in [6.45, 7) is 1.47. The van der Waals surface area contributed by atoms with Crippen molar-refractivity contribution in [1.29, 1.82) is 0 Å². The lowest BCUT2D eigenvalue weighted by molar-refractivity contribution is -0.174. The summed E-state index contributed by atoms with van der Waals surface area (Å²) < 4.78 is 37.8. The second kappa shape index (κ2) is 9.35. The molecule has 0 unspecified atom stereocenters. The maximum atomic E-state index is 14.0. The number of carbonyl (C=O) groups excluding carboxylic acids is 1. The van der Waals surface area contributed by atoms with E-state index >= 15 is 0 Å². The summed E-state index contributed by atoms with van der Waals surface area (Å²) in [5.41, 5.74) is 6.11. The second-order valence-corrected chi connectivity index (χ2v) is 5.32. The quantitative estimate of drug-likeness (QED) is 0.709. The van der Waals surface area contributed by atoms with E-state index in [1.165, 1.54) is 25.1 Å². The van der Waals surface area contributed by atoms with Crippen LogP contribution in [0.4, 0.5) is 8.78 Å². The molecule has 2 aromatic rings. The van der Waals surface area contributed by atoms with Crippen molar-refractivity contribution in [1.82, 2.24) is 0 Å². The number of hydrogen-bond acceptors (Lipinski definition) is 5. The molecular formula is C18H20ClF2NO4. The highest BCUT2D eigenvalue weighted by atomic mass is 35.5. The van der Waals surface area contributed by atoms with Gasteiger partial charge in [-0.2, -0.15) is 8.78 Å². The van der Waals surface area contributed by atoms with Crippen LogP contribution >= 0.6 is 12.4 Å². The topological polar surface area (TPSA) is 81.8 Å². The summed E-state index contributed by atoms with van der Waals surface area (Å²) in [5.74, 6) is -5.88. The number of phenols is 1. The molecule has 0 bridgehead atoms. The minimum Gasteiger partial charge on any atom is -0.507 e. The van der Waals surface area contributed by atoms with E-state index in [-0.39, 0.29) is 36.9 Å². The molecule has 0 aliphatic carbocycles. The zero-order chi connectivity index (χ0) is 18.4. The van der Waals surface area contributed by atoms with Crippen LogP contribution in [0.3, 0.4) is 0 Å². The highest BCUT2D eigenvalue weighted by Gasteiger charge is 2.48. The monoisotopic (exact) mass is 387 g/mol. The molecule has 3 N–H and O–H groups in total. The Hall–Kier alpha value is -2.38. The molecule has 26 heavy (non-hydrogen) atoms. The average Bonchev–Trinajstić information content (AvgIpc) is 2.60. The van der Waals surface area contributed by atoms with Crippen LogP contribution < -0.4 is 10.5 Å². The van der Waals surface area contributed by atoms with Gasteiger partial charge in [-0.15, -0.1) is 12.4 Å². The van der Waals surface area contributed by atoms with Crippen molar-refractivity contribution in [2.75, 3.05) is 6.61 Å². The number of aromatic hydroxyl groups is 1. The van der Waals surface area contributed by atoms with E-state index in [1.807, 2.05) is 30.3 Å². The number of carbonyl (C=O) groups is 1. The fraction of sp³-hybridized carbons (Fsp3) is 0.278. The van der Waals surface area contributed by atoms with Crippen molar-refractivity contribution in [2.24, 2.45) is 5.73 Å². The molecule has 2 aromatic carbocycles. The van der Waals surface area contributed by atoms with Gasteiger partial charge in [0.15, 0.2) is 0 Å². The van der Waals surface area contributed by atoms with E-state index in [9.17, 15) is 18.7 Å². The molecule has 0 spiro atoms. The van der Waals surface area contributed by atoms with Crippen molar-refractivity contribution in [3.8, 4) is 11.5 Å². The fourth-order valence-corrected chi connectivity index (χ4v) is 2.17. The minimum absolute atomic E-state index is 0. The molecule has 0 amide bonds. The van der Waals surface area contributed by atoms with Crippen LogP contribution in [0.25, 0.3) is 0 Å². The van der Waals surface area contributed by atoms with E-state index in [2.05, 4.69) is 4.74 Å². The molecule has 0 saturated heterocycles. The summed E-state index contributed by atoms with van der Waals surface area (Å²) in [5, 5.41) is 9.99. The summed E-state index contributed by atoms with van der Waals surface area (Å²) in [7, 11) is 0. The van der Waals surface area contributed by atoms with Crippen LogP contribution in [-0.4, -0.2) is 23.6 Å². The van der Waals surface area contributed by atoms with E-state index in [1.54, 1.807) is 0 Å². The van der Waals surface area contributed by atoms with Gasteiger partial charge in [0.25, 0.3) is 0 Å². The van der Waals surface area contributed by atoms with Gasteiger partial charge in [-0.3, -0.25) is 0 Å². The fourth-order valence-electron chi connectivity index (χ4n) is 2.17. The standard InChI is InChI=1S/C18H19F2NO4.ClH/c1-2-24-17(23)18(19,20)16(21)14-9-8-13(10-15(14)22)25-11-12-6-4-3-5-7-12;/h3-10,16,22H,2,11,21H2,1H3;1H/t16-;/m0./s1. The number of hydrogen-bond donors (Lipinski definition) is 2. The Balaban J connectivity index is 0.00000338. The Morgan fingerprint density at radius 3 is 2.46 bits per heavy atom. The molecule has 0 aliphatic heterocycles. The predicted molar refractivity (Wildman–Crippen MR) is 94.6 cm³/mol. The first-order chi connectivity index (χ1) is 11.9. The molecule has 0 radical (unpaired) electrons. The molecule has 0 aliphatic rings. The van der Waals surface area contributed by atoms with Gasteiger partial charge in [-0.05, 0) is 24.6 Å². The molecule has 142 valence electrons. The summed E-state index contributed by atoms with van der Waals surface area (Å²) in [4.78, 5) is 11.4. The van der Waals surface area contributed by atoms with E-state index < -0.39 is 23.7 Å². The molecule has 0 fully saturated rings. The molecule has 0 aromatic heterocycles. The van der Waals surface area contributed by atoms with Gasteiger partial charge in [-0.1, -0.05) is 30.3 Å². The van der Waals surface area contributed by atoms with Crippen LogP contribution in [0, 0.1) is 0 Å². The highest BCUT2D eigenvalue weighted by molar-refractivity contribution is 5.85. The maximum Gasteiger partial charge on any atom is 0.379 e. The average molecular weight is 388 g/mol. The number of nitrogens with two attached hydrogens (primary N) is 1. The molecule has 0 saturated carbocycles. The van der Waals surface area contributed by atoms with Gasteiger partial charge in [0.1, 0.15) is 24.1 Å². The number of alkyl halides is 2. The van der Waals surface area contributed by atoms with Crippen LogP contribution in [0.5, 0.6) is 11.5 Å². The number of esters is 1. The molecule has 8 heteroatoms. The van der Waals surface area contributed by atoms with Crippen LogP contribution in [0.15, 0.2) is 48.5 Å². The first kappa shape index (κ1) is 21.7. The summed E-state index contributed by atoms with van der Waals surface area (Å²) in [6, 6.07) is 11.1. The Kier molecular flexibility index (Phi) is 7.79. The Morgan fingerprint density at radius 1 is 1.23 bits per heavy atom. The van der Waals surface area contributed by atoms with Gasteiger partial charge < -0.3 is 20.3 Å². The molecule has 5 nitrogen and oxygen atoms in total. The lowest BCUT2D eigenvalue weighted by Crippen LogP contribution is -2.41. The van der Waals surface area contributed by atoms with Gasteiger partial charge in [0, 0.05) is 11.6 Å². The number of rotatable bonds is 7. The summed E-state index contributed by atoms with van der Waals surface area (Å²) >= 11 is 0. The number of halogens is 3. The Morgan fingerprint density at radius 2 is 1.88 bits per heavy atom. The minimum atomic E-state index is -3.96. The highest BCUT2D eigenvalue weighted by Crippen LogP contribution is 2.36. The zero-order valence-corrected chi connectivity index (χ0v) is 14.8. The number of ether oxygens (including phenoxy) is 2. The number of phenolic OH excluding ortho intramolecular Hbond substituents is 1. The second-order valence-electron chi connectivity index (χ2n) is 5.32. The van der Waals surface area contributed by atoms with Crippen molar-refractivity contribution < 1.29 is 28.2 Å². The zero-order valence-electron chi connectivity index (χ0n) is 14.0. The van der Waals surface area contributed by atoms with Crippen LogP contribution in [0.1, 0.15) is 24.1 Å². The first-order valence-corrected chi connectivity index (χ1v) is 7.66. The van der Waals surface area contributed by atoms with Gasteiger partial charge in [-0.25, -0.2) is 4.79 Å². The number of benzene rings is 2. The normalized spacial score (nSPS) is 12.0. The third-order valence-electron chi connectivity index (χ3n) is 3.52. The van der Waals surface area contributed by atoms with Crippen molar-refractivity contribution in [3.05, 3.63) is 59.7 Å². The lowest BCUT2D eigenvalue weighted by atomic mass is 10.00. The van der Waals surface area contributed by atoms with Gasteiger partial charge in [0.2, 0.25) is 0 Å². The van der Waals surface area contributed by atoms with E-state index in [4.69, 9.17) is 10.5 Å². The van der Waals surface area contributed by atoms with Crippen molar-refractivity contribution >= 4 is 18.4 Å².